The fourth-order valence-electron chi connectivity index (χ4n) is 4.04. The SMILES string of the molecule is Cc1cc2oc3c(c(=O)c2cc1C)C(c1ccc(F)cc1)N(c1ccccc1)C3=O. The van der Waals surface area contributed by atoms with E-state index in [0.717, 1.165) is 11.1 Å². The molecule has 1 atom stereocenters. The molecule has 30 heavy (non-hydrogen) atoms. The minimum Gasteiger partial charge on any atom is -0.450 e. The fourth-order valence-corrected chi connectivity index (χ4v) is 4.04. The third-order valence-electron chi connectivity index (χ3n) is 5.71. The number of para-hydroxylation sites is 1. The standard InChI is InChI=1S/C25H18FNO3/c1-14-12-19-20(13-15(14)2)30-24-21(23(19)28)22(16-8-10-17(26)11-9-16)27(25(24)29)18-6-4-3-5-7-18/h3-13,22H,1-2H3. The number of fused-ring (bicyclic) bond motifs is 2. The van der Waals surface area contributed by atoms with Crippen LogP contribution >= 0.6 is 0 Å². The molecule has 1 aromatic heterocycles. The normalized spacial score (nSPS) is 15.6. The van der Waals surface area contributed by atoms with Crippen LogP contribution in [0.1, 0.15) is 38.9 Å². The van der Waals surface area contributed by atoms with Crippen LogP contribution < -0.4 is 10.3 Å². The average Bonchev–Trinajstić information content (AvgIpc) is 3.04. The number of halogens is 1. The molecular weight excluding hydrogens is 381 g/mol. The first-order chi connectivity index (χ1) is 14.5. The minimum absolute atomic E-state index is 0.0360. The van der Waals surface area contributed by atoms with Gasteiger partial charge in [-0.3, -0.25) is 14.5 Å². The molecular formula is C25H18FNO3. The van der Waals surface area contributed by atoms with Crippen LogP contribution in [-0.4, -0.2) is 5.91 Å². The van der Waals surface area contributed by atoms with E-state index >= 15 is 0 Å². The van der Waals surface area contributed by atoms with Crippen LogP contribution in [0.15, 0.2) is 75.9 Å². The van der Waals surface area contributed by atoms with Crippen LogP contribution in [0.3, 0.4) is 0 Å². The Morgan fingerprint density at radius 1 is 0.900 bits per heavy atom. The molecule has 5 heteroatoms. The Hall–Kier alpha value is -3.73. The van der Waals surface area contributed by atoms with Crippen molar-refractivity contribution in [3.8, 4) is 0 Å². The summed E-state index contributed by atoms with van der Waals surface area (Å²) in [6, 6.07) is 17.9. The topological polar surface area (TPSA) is 50.5 Å². The van der Waals surface area contributed by atoms with Crippen LogP contribution in [0.5, 0.6) is 0 Å². The Kier molecular flexibility index (Phi) is 4.07. The summed E-state index contributed by atoms with van der Waals surface area (Å²) in [5.41, 5.74) is 3.66. The van der Waals surface area contributed by atoms with Gasteiger partial charge in [0.25, 0.3) is 5.91 Å². The van der Waals surface area contributed by atoms with Gasteiger partial charge in [-0.2, -0.15) is 0 Å². The van der Waals surface area contributed by atoms with Crippen molar-refractivity contribution in [2.24, 2.45) is 0 Å². The Bertz CT molecular complexity index is 1360. The van der Waals surface area contributed by atoms with Gasteiger partial charge in [-0.25, -0.2) is 4.39 Å². The highest BCUT2D eigenvalue weighted by Crippen LogP contribution is 2.41. The van der Waals surface area contributed by atoms with E-state index in [9.17, 15) is 14.0 Å². The second-order valence-electron chi connectivity index (χ2n) is 7.57. The molecule has 1 aliphatic heterocycles. The van der Waals surface area contributed by atoms with Gasteiger partial charge in [-0.1, -0.05) is 30.3 Å². The quantitative estimate of drug-likeness (QED) is 0.460. The first-order valence-corrected chi connectivity index (χ1v) is 9.67. The van der Waals surface area contributed by atoms with Crippen molar-refractivity contribution in [3.63, 3.8) is 0 Å². The Labute approximate surface area is 172 Å². The molecule has 1 aliphatic rings. The number of nitrogens with zero attached hydrogens (tertiary/aromatic N) is 1. The van der Waals surface area contributed by atoms with E-state index in [-0.39, 0.29) is 28.5 Å². The molecule has 148 valence electrons. The van der Waals surface area contributed by atoms with Crippen molar-refractivity contribution < 1.29 is 13.6 Å². The van der Waals surface area contributed by atoms with Crippen molar-refractivity contribution in [1.82, 2.24) is 0 Å². The van der Waals surface area contributed by atoms with Crippen molar-refractivity contribution in [2.45, 2.75) is 19.9 Å². The third-order valence-corrected chi connectivity index (χ3v) is 5.71. The third kappa shape index (κ3) is 2.66. The van der Waals surface area contributed by atoms with Crippen LogP contribution in [0.2, 0.25) is 0 Å². The number of carbonyl (C=O) groups is 1. The number of anilines is 1. The maximum absolute atomic E-state index is 13.6. The van der Waals surface area contributed by atoms with E-state index in [1.54, 1.807) is 41.3 Å². The van der Waals surface area contributed by atoms with E-state index in [1.165, 1.54) is 12.1 Å². The summed E-state index contributed by atoms with van der Waals surface area (Å²) in [5, 5.41) is 0.437. The number of aryl methyl sites for hydroxylation is 2. The van der Waals surface area contributed by atoms with E-state index in [0.29, 0.717) is 22.2 Å². The van der Waals surface area contributed by atoms with Gasteiger partial charge in [0.15, 0.2) is 5.43 Å². The lowest BCUT2D eigenvalue weighted by Crippen LogP contribution is -2.29. The van der Waals surface area contributed by atoms with Gasteiger partial charge in [0.1, 0.15) is 11.4 Å². The van der Waals surface area contributed by atoms with E-state index in [4.69, 9.17) is 4.42 Å². The zero-order valence-electron chi connectivity index (χ0n) is 16.5. The molecule has 3 aromatic carbocycles. The fraction of sp³-hybridized carbons (Fsp3) is 0.120. The molecule has 2 heterocycles. The van der Waals surface area contributed by atoms with Crippen LogP contribution in [0, 0.1) is 19.7 Å². The number of amides is 1. The number of benzene rings is 3. The van der Waals surface area contributed by atoms with Gasteiger partial charge in [0.05, 0.1) is 17.0 Å². The van der Waals surface area contributed by atoms with E-state index in [1.807, 2.05) is 32.0 Å². The number of hydrogen-bond donors (Lipinski definition) is 0. The van der Waals surface area contributed by atoms with Gasteiger partial charge < -0.3 is 4.42 Å². The van der Waals surface area contributed by atoms with Gasteiger partial charge in [0.2, 0.25) is 5.76 Å². The number of hydrogen-bond acceptors (Lipinski definition) is 3. The average molecular weight is 399 g/mol. The maximum Gasteiger partial charge on any atom is 0.295 e. The van der Waals surface area contributed by atoms with Crippen LogP contribution in [-0.2, 0) is 0 Å². The monoisotopic (exact) mass is 399 g/mol. The molecule has 0 saturated heterocycles. The van der Waals surface area contributed by atoms with Crippen molar-refractivity contribution in [3.05, 3.63) is 111 Å². The molecule has 1 unspecified atom stereocenters. The van der Waals surface area contributed by atoms with Crippen LogP contribution in [0.25, 0.3) is 11.0 Å². The molecule has 0 spiro atoms. The largest absolute Gasteiger partial charge is 0.450 e. The van der Waals surface area contributed by atoms with Gasteiger partial charge >= 0.3 is 0 Å². The van der Waals surface area contributed by atoms with Crippen molar-refractivity contribution in [1.29, 1.82) is 0 Å². The molecule has 4 nitrogen and oxygen atoms in total. The summed E-state index contributed by atoms with van der Waals surface area (Å²) in [5.74, 6) is -0.733. The molecule has 0 saturated carbocycles. The Morgan fingerprint density at radius 3 is 2.27 bits per heavy atom. The summed E-state index contributed by atoms with van der Waals surface area (Å²) in [7, 11) is 0. The van der Waals surface area contributed by atoms with Gasteiger partial charge in [0, 0.05) is 5.69 Å². The Balaban J connectivity index is 1.83. The molecule has 0 aliphatic carbocycles. The summed E-state index contributed by atoms with van der Waals surface area (Å²) < 4.78 is 19.6. The zero-order valence-corrected chi connectivity index (χ0v) is 16.5. The molecule has 1 amide bonds. The molecule has 0 N–H and O–H groups in total. The second-order valence-corrected chi connectivity index (χ2v) is 7.57. The number of rotatable bonds is 2. The van der Waals surface area contributed by atoms with Crippen molar-refractivity contribution in [2.75, 3.05) is 4.90 Å². The van der Waals surface area contributed by atoms with Crippen LogP contribution in [0.4, 0.5) is 10.1 Å². The zero-order chi connectivity index (χ0) is 21.0. The summed E-state index contributed by atoms with van der Waals surface area (Å²) >= 11 is 0. The lowest BCUT2D eigenvalue weighted by atomic mass is 9.97. The predicted octanol–water partition coefficient (Wildman–Crippen LogP) is 5.30. The van der Waals surface area contributed by atoms with E-state index in [2.05, 4.69) is 0 Å². The highest BCUT2D eigenvalue weighted by Gasteiger charge is 2.43. The highest BCUT2D eigenvalue weighted by molar-refractivity contribution is 6.10. The second kappa shape index (κ2) is 6.66. The molecule has 0 bridgehead atoms. The first-order valence-electron chi connectivity index (χ1n) is 9.67. The smallest absolute Gasteiger partial charge is 0.295 e. The molecule has 0 radical (unpaired) electrons. The van der Waals surface area contributed by atoms with Gasteiger partial charge in [-0.15, -0.1) is 0 Å². The van der Waals surface area contributed by atoms with Gasteiger partial charge in [-0.05, 0) is 66.9 Å². The molecule has 0 fully saturated rings. The predicted molar refractivity (Wildman–Crippen MR) is 113 cm³/mol. The van der Waals surface area contributed by atoms with Crippen molar-refractivity contribution >= 4 is 22.6 Å². The summed E-state index contributed by atoms with van der Waals surface area (Å²) in [6.45, 7) is 3.86. The summed E-state index contributed by atoms with van der Waals surface area (Å²) in [6.07, 6.45) is 0. The van der Waals surface area contributed by atoms with E-state index < -0.39 is 6.04 Å². The lowest BCUT2D eigenvalue weighted by Gasteiger charge is -2.25. The maximum atomic E-state index is 13.6. The highest BCUT2D eigenvalue weighted by atomic mass is 19.1. The summed E-state index contributed by atoms with van der Waals surface area (Å²) in [4.78, 5) is 28.5. The lowest BCUT2D eigenvalue weighted by molar-refractivity contribution is 0.0971. The first kappa shape index (κ1) is 18.3. The minimum atomic E-state index is -0.697. The number of carbonyl (C=O) groups excluding carboxylic acids is 1. The molecule has 4 aromatic rings. The Morgan fingerprint density at radius 2 is 1.57 bits per heavy atom. The molecule has 5 rings (SSSR count).